The van der Waals surface area contributed by atoms with E-state index >= 15 is 0 Å². The molecule has 0 radical (unpaired) electrons. The van der Waals surface area contributed by atoms with Crippen molar-refractivity contribution in [3.8, 4) is 5.75 Å². The number of carbonyl (C=O) groups excluding carboxylic acids is 1. The first-order chi connectivity index (χ1) is 12.8. The smallest absolute Gasteiger partial charge is 0.317 e. The third-order valence-electron chi connectivity index (χ3n) is 4.17. The fraction of sp³-hybridized carbons (Fsp3) is 0.333. The van der Waals surface area contributed by atoms with Gasteiger partial charge in [0.1, 0.15) is 12.4 Å². The third-order valence-corrected chi connectivity index (χ3v) is 4.17. The summed E-state index contributed by atoms with van der Waals surface area (Å²) in [4.78, 5) is 24.3. The summed E-state index contributed by atoms with van der Waals surface area (Å²) in [6.45, 7) is 4.65. The highest BCUT2D eigenvalue weighted by Crippen LogP contribution is 2.15. The Morgan fingerprint density at radius 1 is 1.15 bits per heavy atom. The molecule has 0 aliphatic carbocycles. The number of carboxylic acid groups (broad SMARTS) is 1. The Morgan fingerprint density at radius 2 is 1.85 bits per heavy atom. The summed E-state index contributed by atoms with van der Waals surface area (Å²) >= 11 is 0. The van der Waals surface area contributed by atoms with Crippen LogP contribution in [-0.4, -0.2) is 35.6 Å². The van der Waals surface area contributed by atoms with E-state index in [0.29, 0.717) is 13.2 Å². The average molecular weight is 370 g/mol. The first kappa shape index (κ1) is 20.3. The Balaban J connectivity index is 1.79. The van der Waals surface area contributed by atoms with E-state index in [4.69, 9.17) is 9.84 Å². The van der Waals surface area contributed by atoms with Gasteiger partial charge < -0.3 is 20.1 Å². The van der Waals surface area contributed by atoms with Gasteiger partial charge in [0.05, 0.1) is 5.92 Å². The van der Waals surface area contributed by atoms with Crippen molar-refractivity contribution in [2.24, 2.45) is 5.92 Å². The van der Waals surface area contributed by atoms with Crippen LogP contribution in [0.3, 0.4) is 0 Å². The lowest BCUT2D eigenvalue weighted by atomic mass is 10.1. The van der Waals surface area contributed by atoms with Crippen LogP contribution in [-0.2, 0) is 17.9 Å². The van der Waals surface area contributed by atoms with Crippen LogP contribution in [0.2, 0.25) is 0 Å². The van der Waals surface area contributed by atoms with Crippen molar-refractivity contribution in [1.29, 1.82) is 0 Å². The predicted molar refractivity (Wildman–Crippen MR) is 104 cm³/mol. The number of aryl methyl sites for hydroxylation is 1. The van der Waals surface area contributed by atoms with Crippen molar-refractivity contribution >= 4 is 12.0 Å². The van der Waals surface area contributed by atoms with Gasteiger partial charge in [-0.25, -0.2) is 4.79 Å². The summed E-state index contributed by atoms with van der Waals surface area (Å²) in [6, 6.07) is 15.4. The van der Waals surface area contributed by atoms with Crippen LogP contribution >= 0.6 is 0 Å². The Labute approximate surface area is 159 Å². The first-order valence-electron chi connectivity index (χ1n) is 8.84. The molecule has 1 atom stereocenters. The van der Waals surface area contributed by atoms with Crippen molar-refractivity contribution in [2.75, 3.05) is 13.6 Å². The van der Waals surface area contributed by atoms with Crippen LogP contribution in [0.5, 0.6) is 5.75 Å². The molecule has 144 valence electrons. The molecule has 2 amide bonds. The molecule has 0 aliphatic rings. The van der Waals surface area contributed by atoms with Crippen LogP contribution in [0.1, 0.15) is 23.6 Å². The fourth-order valence-electron chi connectivity index (χ4n) is 2.56. The molecule has 0 bridgehead atoms. The number of urea groups is 1. The molecule has 2 aromatic rings. The van der Waals surface area contributed by atoms with E-state index in [0.717, 1.165) is 16.9 Å². The summed E-state index contributed by atoms with van der Waals surface area (Å²) < 4.78 is 5.78. The van der Waals surface area contributed by atoms with Crippen molar-refractivity contribution in [2.45, 2.75) is 27.0 Å². The molecular weight excluding hydrogens is 344 g/mol. The molecule has 2 aromatic carbocycles. The Morgan fingerprint density at radius 3 is 2.48 bits per heavy atom. The quantitative estimate of drug-likeness (QED) is 0.746. The van der Waals surface area contributed by atoms with E-state index in [1.807, 2.05) is 49.4 Å². The summed E-state index contributed by atoms with van der Waals surface area (Å²) in [5.74, 6) is -0.763. The van der Waals surface area contributed by atoms with Crippen LogP contribution in [0.25, 0.3) is 0 Å². The molecule has 2 N–H and O–H groups in total. The van der Waals surface area contributed by atoms with Gasteiger partial charge in [-0.1, -0.05) is 48.9 Å². The van der Waals surface area contributed by atoms with Gasteiger partial charge in [0.25, 0.3) is 0 Å². The molecule has 6 nitrogen and oxygen atoms in total. The maximum absolute atomic E-state index is 12.0. The van der Waals surface area contributed by atoms with E-state index in [1.165, 1.54) is 10.5 Å². The van der Waals surface area contributed by atoms with Crippen molar-refractivity contribution < 1.29 is 19.4 Å². The van der Waals surface area contributed by atoms with E-state index < -0.39 is 11.9 Å². The molecule has 0 saturated carbocycles. The SMILES string of the molecule is Cc1cccc(COc2ccc(CNC(=O)N(C)CC(C)C(=O)O)cc2)c1. The van der Waals surface area contributed by atoms with Crippen LogP contribution in [0.4, 0.5) is 4.79 Å². The number of carboxylic acids is 1. The highest BCUT2D eigenvalue weighted by Gasteiger charge is 2.16. The van der Waals surface area contributed by atoms with E-state index in [2.05, 4.69) is 11.4 Å². The summed E-state index contributed by atoms with van der Waals surface area (Å²) in [6.07, 6.45) is 0. The zero-order valence-corrected chi connectivity index (χ0v) is 15.9. The highest BCUT2D eigenvalue weighted by atomic mass is 16.5. The van der Waals surface area contributed by atoms with Crippen molar-refractivity contribution in [1.82, 2.24) is 10.2 Å². The molecule has 0 aromatic heterocycles. The molecule has 0 heterocycles. The van der Waals surface area contributed by atoms with Gasteiger partial charge >= 0.3 is 12.0 Å². The van der Waals surface area contributed by atoms with Gasteiger partial charge in [-0.2, -0.15) is 0 Å². The number of rotatable bonds is 8. The standard InChI is InChI=1S/C21H26N2O4/c1-15-5-4-6-18(11-15)14-27-19-9-7-17(8-10-19)12-22-21(26)23(3)13-16(2)20(24)25/h4-11,16H,12-14H2,1-3H3,(H,22,26)(H,24,25). The van der Waals surface area contributed by atoms with Crippen molar-refractivity contribution in [3.63, 3.8) is 0 Å². The summed E-state index contributed by atoms with van der Waals surface area (Å²) in [5.41, 5.74) is 3.25. The minimum Gasteiger partial charge on any atom is -0.489 e. The highest BCUT2D eigenvalue weighted by molar-refractivity contribution is 5.75. The van der Waals surface area contributed by atoms with E-state index in [-0.39, 0.29) is 12.6 Å². The van der Waals surface area contributed by atoms with Crippen LogP contribution < -0.4 is 10.1 Å². The maximum atomic E-state index is 12.0. The number of hydrogen-bond donors (Lipinski definition) is 2. The third kappa shape index (κ3) is 6.66. The summed E-state index contributed by atoms with van der Waals surface area (Å²) in [5, 5.41) is 11.7. The second-order valence-electron chi connectivity index (χ2n) is 6.70. The molecular formula is C21H26N2O4. The van der Waals surface area contributed by atoms with Crippen LogP contribution in [0, 0.1) is 12.8 Å². The Hall–Kier alpha value is -3.02. The second-order valence-corrected chi connectivity index (χ2v) is 6.70. The van der Waals surface area contributed by atoms with Crippen molar-refractivity contribution in [3.05, 3.63) is 65.2 Å². The van der Waals surface area contributed by atoms with Gasteiger partial charge in [-0.15, -0.1) is 0 Å². The minimum absolute atomic E-state index is 0.160. The Kier molecular flexibility index (Phi) is 7.23. The largest absolute Gasteiger partial charge is 0.489 e. The van der Waals surface area contributed by atoms with Gasteiger partial charge in [0, 0.05) is 20.1 Å². The predicted octanol–water partition coefficient (Wildman–Crippen LogP) is 3.44. The van der Waals surface area contributed by atoms with Gasteiger partial charge in [0.2, 0.25) is 0 Å². The van der Waals surface area contributed by atoms with E-state index in [1.54, 1.807) is 14.0 Å². The second kappa shape index (κ2) is 9.62. The molecule has 0 spiro atoms. The molecule has 1 unspecified atom stereocenters. The Bertz CT molecular complexity index is 774. The number of hydrogen-bond acceptors (Lipinski definition) is 3. The maximum Gasteiger partial charge on any atom is 0.317 e. The number of carbonyl (C=O) groups is 2. The van der Waals surface area contributed by atoms with Gasteiger partial charge in [-0.3, -0.25) is 4.79 Å². The zero-order chi connectivity index (χ0) is 19.8. The molecule has 2 rings (SSSR count). The fourth-order valence-corrected chi connectivity index (χ4v) is 2.56. The number of nitrogens with one attached hydrogen (secondary N) is 1. The molecule has 0 fully saturated rings. The van der Waals surface area contributed by atoms with Gasteiger partial charge in [0.15, 0.2) is 0 Å². The van der Waals surface area contributed by atoms with Gasteiger partial charge in [-0.05, 0) is 30.2 Å². The number of amides is 2. The molecule has 0 aliphatic heterocycles. The molecule has 27 heavy (non-hydrogen) atoms. The summed E-state index contributed by atoms with van der Waals surface area (Å²) in [7, 11) is 1.58. The lowest BCUT2D eigenvalue weighted by Gasteiger charge is -2.20. The first-order valence-corrected chi connectivity index (χ1v) is 8.84. The molecule has 6 heteroatoms. The monoisotopic (exact) mass is 370 g/mol. The van der Waals surface area contributed by atoms with E-state index in [9.17, 15) is 9.59 Å². The zero-order valence-electron chi connectivity index (χ0n) is 15.9. The number of ether oxygens (including phenoxy) is 1. The normalized spacial score (nSPS) is 11.5. The average Bonchev–Trinajstić information content (AvgIpc) is 2.65. The topological polar surface area (TPSA) is 78.9 Å². The lowest BCUT2D eigenvalue weighted by Crippen LogP contribution is -2.40. The number of aliphatic carboxylic acids is 1. The number of nitrogens with zero attached hydrogens (tertiary/aromatic N) is 1. The van der Waals surface area contributed by atoms with Crippen LogP contribution in [0.15, 0.2) is 48.5 Å². The molecule has 0 saturated heterocycles. The number of benzene rings is 2. The minimum atomic E-state index is -0.920. The lowest BCUT2D eigenvalue weighted by molar-refractivity contribution is -0.141.